The second-order valence-electron chi connectivity index (χ2n) is 6.45. The van der Waals surface area contributed by atoms with Gasteiger partial charge < -0.3 is 5.32 Å². The fourth-order valence-electron chi connectivity index (χ4n) is 2.49. The summed E-state index contributed by atoms with van der Waals surface area (Å²) >= 11 is 11.8. The third-order valence-electron chi connectivity index (χ3n) is 3.93. The van der Waals surface area contributed by atoms with Crippen LogP contribution in [-0.2, 0) is 14.8 Å². The number of nitrogens with one attached hydrogen (secondary N) is 1. The summed E-state index contributed by atoms with van der Waals surface area (Å²) in [6.07, 6.45) is 0. The molecule has 2 rings (SSSR count). The van der Waals surface area contributed by atoms with Gasteiger partial charge in [0.2, 0.25) is 15.9 Å². The van der Waals surface area contributed by atoms with E-state index in [1.54, 1.807) is 0 Å². The Labute approximate surface area is 159 Å². The molecule has 1 saturated heterocycles. The lowest BCUT2D eigenvalue weighted by atomic mass is 10.2. The van der Waals surface area contributed by atoms with E-state index in [0.717, 1.165) is 0 Å². The smallest absolute Gasteiger partial charge is 0.243 e. The number of piperazine rings is 1. The Morgan fingerprint density at radius 3 is 2.36 bits per heavy atom. The minimum absolute atomic E-state index is 0.0329. The van der Waals surface area contributed by atoms with E-state index in [9.17, 15) is 13.2 Å². The summed E-state index contributed by atoms with van der Waals surface area (Å²) in [7, 11) is -3.61. The van der Waals surface area contributed by atoms with Crippen molar-refractivity contribution in [2.24, 2.45) is 5.92 Å². The lowest BCUT2D eigenvalue weighted by molar-refractivity contribution is -0.122. The van der Waals surface area contributed by atoms with Gasteiger partial charge in [0.1, 0.15) is 0 Å². The van der Waals surface area contributed by atoms with Gasteiger partial charge in [-0.25, -0.2) is 8.42 Å². The molecule has 0 unspecified atom stereocenters. The van der Waals surface area contributed by atoms with E-state index in [1.807, 2.05) is 18.7 Å². The normalized spacial score (nSPS) is 17.0. The van der Waals surface area contributed by atoms with Crippen LogP contribution in [0.15, 0.2) is 23.1 Å². The molecule has 0 radical (unpaired) electrons. The highest BCUT2D eigenvalue weighted by Crippen LogP contribution is 2.26. The molecule has 0 aliphatic carbocycles. The Bertz CT molecular complexity index is 717. The molecule has 1 aromatic carbocycles. The van der Waals surface area contributed by atoms with E-state index in [-0.39, 0.29) is 22.4 Å². The van der Waals surface area contributed by atoms with Crippen molar-refractivity contribution in [2.45, 2.75) is 18.7 Å². The first-order valence-corrected chi connectivity index (χ1v) is 10.3. The van der Waals surface area contributed by atoms with E-state index in [2.05, 4.69) is 5.32 Å². The lowest BCUT2D eigenvalue weighted by Crippen LogP contribution is -2.51. The molecule has 0 atom stereocenters. The van der Waals surface area contributed by atoms with Crippen LogP contribution in [0.2, 0.25) is 10.0 Å². The Balaban J connectivity index is 1.92. The van der Waals surface area contributed by atoms with Gasteiger partial charge in [0.15, 0.2) is 0 Å². The van der Waals surface area contributed by atoms with E-state index in [0.29, 0.717) is 43.7 Å². The van der Waals surface area contributed by atoms with E-state index in [1.165, 1.54) is 22.5 Å². The molecule has 1 heterocycles. The predicted octanol–water partition coefficient (Wildman–Crippen LogP) is 2.07. The molecule has 6 nitrogen and oxygen atoms in total. The van der Waals surface area contributed by atoms with Crippen molar-refractivity contribution >= 4 is 39.1 Å². The number of carbonyl (C=O) groups is 1. The van der Waals surface area contributed by atoms with Gasteiger partial charge >= 0.3 is 0 Å². The third kappa shape index (κ3) is 5.56. The monoisotopic (exact) mass is 407 g/mol. The first-order chi connectivity index (χ1) is 11.7. The maximum absolute atomic E-state index is 12.7. The molecule has 0 spiro atoms. The van der Waals surface area contributed by atoms with Crippen LogP contribution >= 0.6 is 23.2 Å². The topological polar surface area (TPSA) is 69.7 Å². The van der Waals surface area contributed by atoms with Crippen LogP contribution in [0.3, 0.4) is 0 Å². The van der Waals surface area contributed by atoms with Crippen molar-refractivity contribution in [3.63, 3.8) is 0 Å². The SMILES string of the molecule is CC(C)CNC(=O)CN1CCN(S(=O)(=O)c2ccc(Cl)c(Cl)c2)CC1. The summed E-state index contributed by atoms with van der Waals surface area (Å²) < 4.78 is 26.8. The fraction of sp³-hybridized carbons (Fsp3) is 0.562. The summed E-state index contributed by atoms with van der Waals surface area (Å²) in [5, 5.41) is 3.40. The number of hydrogen-bond donors (Lipinski definition) is 1. The Morgan fingerprint density at radius 1 is 1.16 bits per heavy atom. The average Bonchev–Trinajstić information content (AvgIpc) is 2.56. The van der Waals surface area contributed by atoms with Crippen LogP contribution in [0.4, 0.5) is 0 Å². The van der Waals surface area contributed by atoms with Gasteiger partial charge in [0, 0.05) is 32.7 Å². The highest BCUT2D eigenvalue weighted by Gasteiger charge is 2.29. The van der Waals surface area contributed by atoms with Crippen molar-refractivity contribution in [1.29, 1.82) is 0 Å². The molecule has 0 bridgehead atoms. The number of sulfonamides is 1. The fourth-order valence-corrected chi connectivity index (χ4v) is 4.30. The number of amides is 1. The molecule has 25 heavy (non-hydrogen) atoms. The molecule has 0 saturated carbocycles. The van der Waals surface area contributed by atoms with Crippen molar-refractivity contribution < 1.29 is 13.2 Å². The zero-order chi connectivity index (χ0) is 18.6. The number of rotatable bonds is 6. The molecule has 1 amide bonds. The van der Waals surface area contributed by atoms with Crippen LogP contribution < -0.4 is 5.32 Å². The first-order valence-electron chi connectivity index (χ1n) is 8.14. The highest BCUT2D eigenvalue weighted by molar-refractivity contribution is 7.89. The van der Waals surface area contributed by atoms with Gasteiger partial charge in [-0.2, -0.15) is 4.31 Å². The van der Waals surface area contributed by atoms with Gasteiger partial charge in [-0.05, 0) is 24.1 Å². The molecule has 1 N–H and O–H groups in total. The number of halogens is 2. The number of nitrogens with zero attached hydrogens (tertiary/aromatic N) is 2. The third-order valence-corrected chi connectivity index (χ3v) is 6.57. The number of hydrogen-bond acceptors (Lipinski definition) is 4. The highest BCUT2D eigenvalue weighted by atomic mass is 35.5. The molecule has 140 valence electrons. The quantitative estimate of drug-likeness (QED) is 0.783. The molecule has 1 aromatic rings. The van der Waals surface area contributed by atoms with Crippen LogP contribution in [0, 0.1) is 5.92 Å². The van der Waals surface area contributed by atoms with Crippen LogP contribution in [0.25, 0.3) is 0 Å². The predicted molar refractivity (Wildman–Crippen MR) is 99.5 cm³/mol. The second kappa shape index (κ2) is 8.68. The second-order valence-corrected chi connectivity index (χ2v) is 9.21. The van der Waals surface area contributed by atoms with Crippen molar-refractivity contribution in [3.05, 3.63) is 28.2 Å². The summed E-state index contributed by atoms with van der Waals surface area (Å²) in [4.78, 5) is 14.0. The minimum atomic E-state index is -3.61. The van der Waals surface area contributed by atoms with Crippen LogP contribution in [0.1, 0.15) is 13.8 Å². The van der Waals surface area contributed by atoms with Gasteiger partial charge in [0.25, 0.3) is 0 Å². The number of carbonyl (C=O) groups excluding carboxylic acids is 1. The molecule has 1 fully saturated rings. The number of benzene rings is 1. The van der Waals surface area contributed by atoms with Gasteiger partial charge in [-0.3, -0.25) is 9.69 Å². The maximum atomic E-state index is 12.7. The Hall–Kier alpha value is -0.860. The molecule has 0 aromatic heterocycles. The Kier molecular flexibility index (Phi) is 7.10. The van der Waals surface area contributed by atoms with Crippen LogP contribution in [-0.4, -0.2) is 62.8 Å². The minimum Gasteiger partial charge on any atom is -0.355 e. The van der Waals surface area contributed by atoms with Crippen LogP contribution in [0.5, 0.6) is 0 Å². The molecule has 1 aliphatic rings. The standard InChI is InChI=1S/C16H23Cl2N3O3S/c1-12(2)10-19-16(22)11-20-5-7-21(8-6-20)25(23,24)13-3-4-14(17)15(18)9-13/h3-4,9,12H,5-8,10-11H2,1-2H3,(H,19,22). The van der Waals surface area contributed by atoms with Crippen molar-refractivity contribution in [2.75, 3.05) is 39.3 Å². The van der Waals surface area contributed by atoms with Crippen molar-refractivity contribution in [1.82, 2.24) is 14.5 Å². The molecular formula is C16H23Cl2N3O3S. The molecule has 1 aliphatic heterocycles. The van der Waals surface area contributed by atoms with Gasteiger partial charge in [0.05, 0.1) is 21.5 Å². The van der Waals surface area contributed by atoms with Crippen molar-refractivity contribution in [3.8, 4) is 0 Å². The lowest BCUT2D eigenvalue weighted by Gasteiger charge is -2.33. The average molecular weight is 408 g/mol. The summed E-state index contributed by atoms with van der Waals surface area (Å²) in [5.74, 6) is 0.367. The summed E-state index contributed by atoms with van der Waals surface area (Å²) in [6.45, 7) is 6.68. The Morgan fingerprint density at radius 2 is 1.80 bits per heavy atom. The largest absolute Gasteiger partial charge is 0.355 e. The van der Waals surface area contributed by atoms with E-state index < -0.39 is 10.0 Å². The zero-order valence-corrected chi connectivity index (χ0v) is 16.7. The summed E-state index contributed by atoms with van der Waals surface area (Å²) in [5.41, 5.74) is 0. The zero-order valence-electron chi connectivity index (χ0n) is 14.3. The summed E-state index contributed by atoms with van der Waals surface area (Å²) in [6, 6.07) is 4.30. The molecule has 9 heteroatoms. The molecular weight excluding hydrogens is 385 g/mol. The van der Waals surface area contributed by atoms with Gasteiger partial charge in [-0.15, -0.1) is 0 Å². The van der Waals surface area contributed by atoms with Gasteiger partial charge in [-0.1, -0.05) is 37.0 Å². The van der Waals surface area contributed by atoms with E-state index in [4.69, 9.17) is 23.2 Å². The first kappa shape index (κ1) is 20.5. The van der Waals surface area contributed by atoms with E-state index >= 15 is 0 Å². The maximum Gasteiger partial charge on any atom is 0.243 e.